The topological polar surface area (TPSA) is 223 Å². The average molecular weight is 661 g/mol. The van der Waals surface area contributed by atoms with Gasteiger partial charge in [0.25, 0.3) is 5.91 Å². The standard InChI is InChI=1S/C32H40N10O6/c1-6-42-24(13-19(2)40-42)29(45)39-30-38-23-14-20(18-43)17-37-28(23)41(30)11-8-7-9-35-26-22(33)15-21(27(34)44)16-25(26)47-12-10-36-31(46)48-32(3,4)5/h7-8,13-18,35H,6,9-12,33H2,1-5H3,(H2,34,44)(H,36,46)(H,38,39,45)/b8-7+. The van der Waals surface area contributed by atoms with Crippen LogP contribution in [0.25, 0.3) is 11.2 Å². The summed E-state index contributed by atoms with van der Waals surface area (Å²) in [6.45, 7) is 10.2. The smallest absolute Gasteiger partial charge is 0.407 e. The highest BCUT2D eigenvalue weighted by Gasteiger charge is 2.19. The second-order valence-corrected chi connectivity index (χ2v) is 11.6. The van der Waals surface area contributed by atoms with E-state index in [-0.39, 0.29) is 48.6 Å². The van der Waals surface area contributed by atoms with Gasteiger partial charge >= 0.3 is 6.09 Å². The van der Waals surface area contributed by atoms with Crippen LogP contribution in [0.2, 0.25) is 0 Å². The number of pyridine rings is 1. The number of amides is 3. The molecule has 48 heavy (non-hydrogen) atoms. The number of ether oxygens (including phenoxy) is 2. The number of hydrogen-bond acceptors (Lipinski definition) is 11. The van der Waals surface area contributed by atoms with Crippen molar-refractivity contribution in [2.45, 2.75) is 53.3 Å². The van der Waals surface area contributed by atoms with Crippen molar-refractivity contribution in [3.8, 4) is 5.75 Å². The fourth-order valence-corrected chi connectivity index (χ4v) is 4.63. The molecule has 0 aliphatic carbocycles. The minimum atomic E-state index is -0.677. The molecule has 16 heteroatoms. The van der Waals surface area contributed by atoms with Gasteiger partial charge in [0.1, 0.15) is 34.9 Å². The zero-order valence-electron chi connectivity index (χ0n) is 27.5. The molecule has 3 amide bonds. The van der Waals surface area contributed by atoms with Crippen molar-refractivity contribution in [2.24, 2.45) is 5.73 Å². The van der Waals surface area contributed by atoms with E-state index >= 15 is 0 Å². The van der Waals surface area contributed by atoms with Crippen LogP contribution in [0.5, 0.6) is 5.75 Å². The summed E-state index contributed by atoms with van der Waals surface area (Å²) in [4.78, 5) is 57.3. The SMILES string of the molecule is CCn1nc(C)cc1C(=O)Nc1nc2cc(C=O)cnc2n1C/C=C/CNc1c(N)cc(C(N)=O)cc1OCCNC(=O)OC(C)(C)C. The Morgan fingerprint density at radius 3 is 2.56 bits per heavy atom. The number of carbonyl (C=O) groups is 4. The number of carbonyl (C=O) groups excluding carboxylic acids is 4. The molecule has 4 aromatic rings. The minimum Gasteiger partial charge on any atom is -0.489 e. The van der Waals surface area contributed by atoms with Crippen LogP contribution in [-0.2, 0) is 17.8 Å². The van der Waals surface area contributed by atoms with Crippen LogP contribution in [0, 0.1) is 6.92 Å². The summed E-state index contributed by atoms with van der Waals surface area (Å²) in [5, 5.41) is 13.0. The summed E-state index contributed by atoms with van der Waals surface area (Å²) in [7, 11) is 0. The molecule has 0 aliphatic heterocycles. The highest BCUT2D eigenvalue weighted by molar-refractivity contribution is 6.03. The average Bonchev–Trinajstić information content (AvgIpc) is 3.57. The lowest BCUT2D eigenvalue weighted by atomic mass is 10.1. The Morgan fingerprint density at radius 2 is 1.88 bits per heavy atom. The summed E-state index contributed by atoms with van der Waals surface area (Å²) in [5.41, 5.74) is 14.2. The number of aldehydes is 1. The Hall–Kier alpha value is -5.93. The fraction of sp³-hybridized carbons (Fsp3) is 0.344. The molecule has 4 rings (SSSR count). The highest BCUT2D eigenvalue weighted by atomic mass is 16.6. The van der Waals surface area contributed by atoms with Gasteiger partial charge in [-0.3, -0.25) is 28.9 Å². The largest absolute Gasteiger partial charge is 0.489 e. The second kappa shape index (κ2) is 15.1. The molecule has 3 heterocycles. The zero-order chi connectivity index (χ0) is 35.0. The van der Waals surface area contributed by atoms with Crippen molar-refractivity contribution < 1.29 is 28.7 Å². The van der Waals surface area contributed by atoms with E-state index < -0.39 is 17.6 Å². The lowest BCUT2D eigenvalue weighted by Gasteiger charge is -2.20. The number of alkyl carbamates (subject to hydrolysis) is 1. The van der Waals surface area contributed by atoms with Gasteiger partial charge in [-0.1, -0.05) is 12.2 Å². The Kier molecular flexibility index (Phi) is 11.0. The Labute approximate surface area is 276 Å². The van der Waals surface area contributed by atoms with Gasteiger partial charge in [-0.15, -0.1) is 0 Å². The summed E-state index contributed by atoms with van der Waals surface area (Å²) < 4.78 is 14.4. The molecule has 0 fully saturated rings. The van der Waals surface area contributed by atoms with Gasteiger partial charge < -0.3 is 31.6 Å². The van der Waals surface area contributed by atoms with E-state index in [0.29, 0.717) is 53.2 Å². The molecular weight excluding hydrogens is 620 g/mol. The van der Waals surface area contributed by atoms with Crippen molar-refractivity contribution in [3.05, 3.63) is 65.1 Å². The first kappa shape index (κ1) is 34.9. The number of benzene rings is 1. The Bertz CT molecular complexity index is 1850. The Balaban J connectivity index is 1.48. The number of hydrogen-bond donors (Lipinski definition) is 5. The van der Waals surface area contributed by atoms with E-state index in [9.17, 15) is 19.2 Å². The number of nitrogens with two attached hydrogens (primary N) is 2. The monoisotopic (exact) mass is 660 g/mol. The van der Waals surface area contributed by atoms with E-state index in [0.717, 1.165) is 0 Å². The number of aryl methyl sites for hydroxylation is 2. The molecule has 0 aliphatic rings. The lowest BCUT2D eigenvalue weighted by Crippen LogP contribution is -2.34. The molecule has 0 bridgehead atoms. The molecule has 3 aromatic heterocycles. The van der Waals surface area contributed by atoms with Gasteiger partial charge in [0.05, 0.1) is 17.9 Å². The fourth-order valence-electron chi connectivity index (χ4n) is 4.63. The van der Waals surface area contributed by atoms with Crippen LogP contribution in [0.4, 0.5) is 22.1 Å². The number of rotatable bonds is 14. The molecular formula is C32H40N10O6. The van der Waals surface area contributed by atoms with E-state index in [1.54, 1.807) is 49.1 Å². The number of nitrogens with one attached hydrogen (secondary N) is 3. The van der Waals surface area contributed by atoms with Crippen molar-refractivity contribution in [2.75, 3.05) is 36.1 Å². The zero-order valence-corrected chi connectivity index (χ0v) is 27.5. The first-order valence-corrected chi connectivity index (χ1v) is 15.2. The first-order chi connectivity index (χ1) is 22.8. The second-order valence-electron chi connectivity index (χ2n) is 11.6. The molecule has 0 unspecified atom stereocenters. The summed E-state index contributed by atoms with van der Waals surface area (Å²) >= 11 is 0. The molecule has 1 aromatic carbocycles. The van der Waals surface area contributed by atoms with Crippen LogP contribution < -0.4 is 32.2 Å². The normalized spacial score (nSPS) is 11.4. The van der Waals surface area contributed by atoms with Crippen molar-refractivity contribution in [1.82, 2.24) is 29.6 Å². The van der Waals surface area contributed by atoms with Crippen LogP contribution in [-0.4, -0.2) is 73.8 Å². The van der Waals surface area contributed by atoms with Gasteiger partial charge in [-0.2, -0.15) is 5.10 Å². The third-order valence-electron chi connectivity index (χ3n) is 6.70. The third-order valence-corrected chi connectivity index (χ3v) is 6.70. The third kappa shape index (κ3) is 8.86. The van der Waals surface area contributed by atoms with Crippen LogP contribution in [0.1, 0.15) is 64.6 Å². The van der Waals surface area contributed by atoms with Crippen molar-refractivity contribution in [1.29, 1.82) is 0 Å². The number of imidazole rings is 1. The lowest BCUT2D eigenvalue weighted by molar-refractivity contribution is 0.0520. The van der Waals surface area contributed by atoms with Gasteiger partial charge in [-0.25, -0.2) is 14.8 Å². The van der Waals surface area contributed by atoms with E-state index in [1.165, 1.54) is 18.3 Å². The van der Waals surface area contributed by atoms with Crippen molar-refractivity contribution >= 4 is 52.7 Å². The molecule has 16 nitrogen and oxygen atoms in total. The number of aromatic nitrogens is 5. The van der Waals surface area contributed by atoms with Crippen LogP contribution in [0.3, 0.4) is 0 Å². The number of nitrogen functional groups attached to an aromatic ring is 1. The van der Waals surface area contributed by atoms with E-state index in [1.807, 2.05) is 19.1 Å². The van der Waals surface area contributed by atoms with E-state index in [2.05, 4.69) is 31.0 Å². The number of allylic oxidation sites excluding steroid dienone is 1. The van der Waals surface area contributed by atoms with Crippen LogP contribution in [0.15, 0.2) is 42.6 Å². The molecule has 254 valence electrons. The Morgan fingerprint density at radius 1 is 1.10 bits per heavy atom. The molecule has 7 N–H and O–H groups in total. The van der Waals surface area contributed by atoms with Crippen molar-refractivity contribution in [3.63, 3.8) is 0 Å². The number of anilines is 3. The highest BCUT2D eigenvalue weighted by Crippen LogP contribution is 2.32. The van der Waals surface area contributed by atoms with Gasteiger partial charge in [0.15, 0.2) is 11.9 Å². The number of fused-ring (bicyclic) bond motifs is 1. The minimum absolute atomic E-state index is 0.0606. The van der Waals surface area contributed by atoms with E-state index in [4.69, 9.17) is 20.9 Å². The van der Waals surface area contributed by atoms with Gasteiger partial charge in [-0.05, 0) is 58.9 Å². The first-order valence-electron chi connectivity index (χ1n) is 15.2. The molecule has 0 saturated heterocycles. The number of primary amides is 1. The molecule has 0 atom stereocenters. The molecule has 0 spiro atoms. The number of nitrogens with zero attached hydrogens (tertiary/aromatic N) is 5. The maximum Gasteiger partial charge on any atom is 0.407 e. The molecule has 0 radical (unpaired) electrons. The summed E-state index contributed by atoms with van der Waals surface area (Å²) in [6.07, 6.45) is 5.18. The summed E-state index contributed by atoms with van der Waals surface area (Å²) in [5.74, 6) is -0.556. The summed E-state index contributed by atoms with van der Waals surface area (Å²) in [6, 6.07) is 6.20. The van der Waals surface area contributed by atoms with Gasteiger partial charge in [0, 0.05) is 37.0 Å². The van der Waals surface area contributed by atoms with Crippen LogP contribution >= 0.6 is 0 Å². The molecule has 0 saturated carbocycles. The maximum atomic E-state index is 13.2. The predicted octanol–water partition coefficient (Wildman–Crippen LogP) is 3.27. The quantitative estimate of drug-likeness (QED) is 0.0571. The predicted molar refractivity (Wildman–Crippen MR) is 180 cm³/mol. The maximum absolute atomic E-state index is 13.2. The van der Waals surface area contributed by atoms with Gasteiger partial charge in [0.2, 0.25) is 11.9 Å².